The molecule has 0 N–H and O–H groups in total. The average molecular weight is 206 g/mol. The molecule has 2 unspecified atom stereocenters. The van der Waals surface area contributed by atoms with Crippen LogP contribution in [0.25, 0.3) is 0 Å². The summed E-state index contributed by atoms with van der Waals surface area (Å²) in [4.78, 5) is 0. The van der Waals surface area contributed by atoms with Crippen molar-refractivity contribution in [3.05, 3.63) is 30.3 Å². The maximum Gasteiger partial charge on any atom is -0.0192 e. The Morgan fingerprint density at radius 1 is 1.21 bits per heavy atom. The molecule has 0 spiro atoms. The topological polar surface area (TPSA) is 0 Å². The van der Waals surface area contributed by atoms with E-state index in [1.165, 1.54) is 12.6 Å². The Bertz CT molecular complexity index is 302. The molecule has 0 radical (unpaired) electrons. The van der Waals surface area contributed by atoms with Crippen molar-refractivity contribution in [2.75, 3.05) is 6.16 Å². The average Bonchev–Trinajstić information content (AvgIpc) is 2.41. The van der Waals surface area contributed by atoms with Gasteiger partial charge in [-0.25, -0.2) is 0 Å². The summed E-state index contributed by atoms with van der Waals surface area (Å²) in [5.41, 5.74) is 1.48. The van der Waals surface area contributed by atoms with Crippen LogP contribution in [0.3, 0.4) is 0 Å². The van der Waals surface area contributed by atoms with Crippen molar-refractivity contribution in [2.24, 2.45) is 5.41 Å². The van der Waals surface area contributed by atoms with E-state index in [0.717, 1.165) is 5.66 Å². The SMILES string of the molecule is CC1CC(C)(C)CP1c1ccccc1. The van der Waals surface area contributed by atoms with Crippen LogP contribution in [0.4, 0.5) is 0 Å². The van der Waals surface area contributed by atoms with Crippen LogP contribution in [-0.2, 0) is 0 Å². The summed E-state index contributed by atoms with van der Waals surface area (Å²) in [7, 11) is 0.111. The largest absolute Gasteiger partial charge is 0.0719 e. The minimum absolute atomic E-state index is 0.111. The third kappa shape index (κ3) is 2.01. The van der Waals surface area contributed by atoms with Gasteiger partial charge in [0.1, 0.15) is 0 Å². The highest BCUT2D eigenvalue weighted by Gasteiger charge is 2.36. The summed E-state index contributed by atoms with van der Waals surface area (Å²) >= 11 is 0. The highest BCUT2D eigenvalue weighted by Crippen LogP contribution is 2.56. The van der Waals surface area contributed by atoms with Gasteiger partial charge in [0.2, 0.25) is 0 Å². The molecular formula is C13H19P. The van der Waals surface area contributed by atoms with Crippen molar-refractivity contribution >= 4 is 13.2 Å². The molecule has 14 heavy (non-hydrogen) atoms. The zero-order valence-corrected chi connectivity index (χ0v) is 10.2. The Morgan fingerprint density at radius 3 is 2.36 bits per heavy atom. The van der Waals surface area contributed by atoms with Crippen LogP contribution < -0.4 is 5.30 Å². The van der Waals surface area contributed by atoms with Crippen molar-refractivity contribution < 1.29 is 0 Å². The first-order valence-corrected chi connectivity index (χ1v) is 7.00. The number of benzene rings is 1. The lowest BCUT2D eigenvalue weighted by Gasteiger charge is -2.17. The van der Waals surface area contributed by atoms with Gasteiger partial charge in [0.05, 0.1) is 0 Å². The fourth-order valence-electron chi connectivity index (χ4n) is 2.56. The Morgan fingerprint density at radius 2 is 1.86 bits per heavy atom. The Kier molecular flexibility index (Phi) is 2.66. The molecule has 2 rings (SSSR count). The summed E-state index contributed by atoms with van der Waals surface area (Å²) in [6, 6.07) is 11.1. The lowest BCUT2D eigenvalue weighted by molar-refractivity contribution is 0.409. The minimum atomic E-state index is 0.111. The van der Waals surface area contributed by atoms with Gasteiger partial charge in [-0.3, -0.25) is 0 Å². The second-order valence-corrected chi connectivity index (χ2v) is 7.83. The molecule has 1 heterocycles. The molecule has 1 aromatic carbocycles. The number of rotatable bonds is 1. The van der Waals surface area contributed by atoms with E-state index in [2.05, 4.69) is 51.1 Å². The van der Waals surface area contributed by atoms with Gasteiger partial charge in [0.15, 0.2) is 0 Å². The monoisotopic (exact) mass is 206 g/mol. The first-order valence-electron chi connectivity index (χ1n) is 5.40. The van der Waals surface area contributed by atoms with Crippen LogP contribution in [0.5, 0.6) is 0 Å². The fraction of sp³-hybridized carbons (Fsp3) is 0.538. The maximum atomic E-state index is 2.42. The van der Waals surface area contributed by atoms with Gasteiger partial charge >= 0.3 is 0 Å². The Hall–Kier alpha value is -0.350. The highest BCUT2D eigenvalue weighted by molar-refractivity contribution is 7.66. The quantitative estimate of drug-likeness (QED) is 0.616. The summed E-state index contributed by atoms with van der Waals surface area (Å²) in [6.45, 7) is 7.25. The molecule has 2 atom stereocenters. The molecule has 0 nitrogen and oxygen atoms in total. The normalized spacial score (nSPS) is 30.5. The van der Waals surface area contributed by atoms with E-state index in [1.54, 1.807) is 5.30 Å². The third-order valence-electron chi connectivity index (χ3n) is 3.07. The molecule has 0 aromatic heterocycles. The molecule has 1 saturated heterocycles. The second kappa shape index (κ2) is 3.66. The van der Waals surface area contributed by atoms with Gasteiger partial charge in [-0.1, -0.05) is 59.0 Å². The molecule has 0 aliphatic carbocycles. The third-order valence-corrected chi connectivity index (χ3v) is 6.47. The van der Waals surface area contributed by atoms with Crippen molar-refractivity contribution in [2.45, 2.75) is 32.9 Å². The maximum absolute atomic E-state index is 2.42. The van der Waals surface area contributed by atoms with Gasteiger partial charge in [-0.2, -0.15) is 0 Å². The van der Waals surface area contributed by atoms with Crippen molar-refractivity contribution in [1.82, 2.24) is 0 Å². The van der Waals surface area contributed by atoms with Crippen LogP contribution in [0, 0.1) is 5.41 Å². The molecular weight excluding hydrogens is 187 g/mol. The van der Waals surface area contributed by atoms with Crippen LogP contribution >= 0.6 is 7.92 Å². The summed E-state index contributed by atoms with van der Waals surface area (Å²) < 4.78 is 0. The van der Waals surface area contributed by atoms with E-state index in [4.69, 9.17) is 0 Å². The predicted octanol–water partition coefficient (Wildman–Crippen LogP) is 3.61. The molecule has 0 saturated carbocycles. The van der Waals surface area contributed by atoms with E-state index in [9.17, 15) is 0 Å². The molecule has 1 aliphatic heterocycles. The van der Waals surface area contributed by atoms with Crippen molar-refractivity contribution in [3.8, 4) is 0 Å². The van der Waals surface area contributed by atoms with E-state index < -0.39 is 0 Å². The fourth-order valence-corrected chi connectivity index (χ4v) is 5.88. The molecule has 1 fully saturated rings. The van der Waals surface area contributed by atoms with Gasteiger partial charge in [0.25, 0.3) is 0 Å². The van der Waals surface area contributed by atoms with Gasteiger partial charge in [-0.15, -0.1) is 0 Å². The Balaban J connectivity index is 2.21. The van der Waals surface area contributed by atoms with Gasteiger partial charge in [-0.05, 0) is 29.0 Å². The number of hydrogen-bond donors (Lipinski definition) is 0. The predicted molar refractivity (Wildman–Crippen MR) is 65.7 cm³/mol. The van der Waals surface area contributed by atoms with E-state index in [-0.39, 0.29) is 7.92 Å². The smallest absolute Gasteiger partial charge is 0.0192 e. The molecule has 76 valence electrons. The minimum Gasteiger partial charge on any atom is -0.0719 e. The first-order chi connectivity index (χ1) is 6.58. The molecule has 0 amide bonds. The standard InChI is InChI=1S/C13H19P/c1-11-9-13(2,3)10-14(11)12-7-5-4-6-8-12/h4-8,11H,9-10H2,1-3H3. The highest BCUT2D eigenvalue weighted by atomic mass is 31.1. The lowest BCUT2D eigenvalue weighted by atomic mass is 9.91. The lowest BCUT2D eigenvalue weighted by Crippen LogP contribution is -2.09. The number of hydrogen-bond acceptors (Lipinski definition) is 0. The summed E-state index contributed by atoms with van der Waals surface area (Å²) in [6.07, 6.45) is 2.81. The van der Waals surface area contributed by atoms with Crippen LogP contribution in [-0.4, -0.2) is 11.8 Å². The van der Waals surface area contributed by atoms with E-state index in [1.807, 2.05) is 0 Å². The van der Waals surface area contributed by atoms with Crippen molar-refractivity contribution in [1.29, 1.82) is 0 Å². The second-order valence-electron chi connectivity index (χ2n) is 5.18. The first kappa shape index (κ1) is 10.2. The van der Waals surface area contributed by atoms with Crippen molar-refractivity contribution in [3.63, 3.8) is 0 Å². The molecule has 0 bridgehead atoms. The molecule has 1 aliphatic rings. The Labute approximate surface area is 88.5 Å². The van der Waals surface area contributed by atoms with Gasteiger partial charge < -0.3 is 0 Å². The van der Waals surface area contributed by atoms with Crippen LogP contribution in [0.2, 0.25) is 0 Å². The van der Waals surface area contributed by atoms with E-state index >= 15 is 0 Å². The summed E-state index contributed by atoms with van der Waals surface area (Å²) in [5, 5.41) is 1.60. The van der Waals surface area contributed by atoms with Crippen LogP contribution in [0.1, 0.15) is 27.2 Å². The van der Waals surface area contributed by atoms with Crippen LogP contribution in [0.15, 0.2) is 30.3 Å². The zero-order valence-electron chi connectivity index (χ0n) is 9.33. The molecule has 1 heteroatoms. The van der Waals surface area contributed by atoms with Gasteiger partial charge in [0, 0.05) is 0 Å². The van der Waals surface area contributed by atoms with E-state index in [0.29, 0.717) is 5.41 Å². The molecule has 1 aromatic rings. The summed E-state index contributed by atoms with van der Waals surface area (Å²) in [5.74, 6) is 0. The zero-order chi connectivity index (χ0) is 10.2.